The highest BCUT2D eigenvalue weighted by molar-refractivity contribution is 7.99. The number of hydrogen-bond donors (Lipinski definition) is 1. The highest BCUT2D eigenvalue weighted by atomic mass is 32.2. The number of nitrogens with zero attached hydrogens (tertiary/aromatic N) is 2. The van der Waals surface area contributed by atoms with Gasteiger partial charge in [0.15, 0.2) is 5.16 Å². The summed E-state index contributed by atoms with van der Waals surface area (Å²) in [6, 6.07) is 5.99. The van der Waals surface area contributed by atoms with Crippen LogP contribution in [-0.2, 0) is 6.42 Å². The van der Waals surface area contributed by atoms with Crippen molar-refractivity contribution in [3.8, 4) is 0 Å². The quantitative estimate of drug-likeness (QED) is 0.681. The van der Waals surface area contributed by atoms with Crippen LogP contribution in [0.5, 0.6) is 0 Å². The molecule has 0 amide bonds. The van der Waals surface area contributed by atoms with Crippen LogP contribution in [0, 0.1) is 5.95 Å². The number of aryl methyl sites for hydroxylation is 1. The van der Waals surface area contributed by atoms with Crippen molar-refractivity contribution in [2.75, 3.05) is 0 Å². The third-order valence-corrected chi connectivity index (χ3v) is 2.99. The average molecular weight is 265 g/mol. The molecule has 0 saturated heterocycles. The lowest BCUT2D eigenvalue weighted by Gasteiger charge is -2.02. The van der Waals surface area contributed by atoms with E-state index >= 15 is 0 Å². The van der Waals surface area contributed by atoms with Crippen LogP contribution in [0.2, 0.25) is 0 Å². The molecule has 94 valence electrons. The normalized spacial score (nSPS) is 10.6. The Kier molecular flexibility index (Phi) is 4.09. The summed E-state index contributed by atoms with van der Waals surface area (Å²) in [5.74, 6) is -0.549. The molecule has 2 heterocycles. The average Bonchev–Trinajstić information content (AvgIpc) is 2.28. The van der Waals surface area contributed by atoms with Gasteiger partial charge in [0, 0.05) is 11.8 Å². The Morgan fingerprint density at radius 1 is 1.39 bits per heavy atom. The molecule has 0 radical (unpaired) electrons. The molecule has 2 rings (SSSR count). The van der Waals surface area contributed by atoms with Gasteiger partial charge in [-0.3, -0.25) is 4.79 Å². The molecule has 0 aliphatic carbocycles. The molecule has 0 bridgehead atoms. The lowest BCUT2D eigenvalue weighted by molar-refractivity contribution is 0.572. The van der Waals surface area contributed by atoms with Gasteiger partial charge in [-0.1, -0.05) is 19.4 Å². The number of aromatic amines is 1. The van der Waals surface area contributed by atoms with Crippen LogP contribution in [0.4, 0.5) is 4.39 Å². The molecule has 6 heteroatoms. The van der Waals surface area contributed by atoms with Gasteiger partial charge in [0.25, 0.3) is 5.56 Å². The number of rotatable bonds is 4. The first-order chi connectivity index (χ1) is 8.67. The first-order valence-electron chi connectivity index (χ1n) is 5.58. The number of H-pyrrole nitrogens is 1. The minimum atomic E-state index is -0.549. The highest BCUT2D eigenvalue weighted by Gasteiger charge is 2.05. The molecule has 2 aromatic rings. The minimum Gasteiger partial charge on any atom is -0.301 e. The van der Waals surface area contributed by atoms with Gasteiger partial charge < -0.3 is 4.98 Å². The lowest BCUT2D eigenvalue weighted by atomic mass is 10.2. The van der Waals surface area contributed by atoms with E-state index in [4.69, 9.17) is 0 Å². The Bertz CT molecular complexity index is 600. The molecule has 0 aromatic carbocycles. The largest absolute Gasteiger partial charge is 0.301 e. The summed E-state index contributed by atoms with van der Waals surface area (Å²) in [5, 5.41) is 0.899. The summed E-state index contributed by atoms with van der Waals surface area (Å²) >= 11 is 1.14. The van der Waals surface area contributed by atoms with Crippen molar-refractivity contribution in [1.82, 2.24) is 15.0 Å². The van der Waals surface area contributed by atoms with E-state index in [0.29, 0.717) is 10.2 Å². The van der Waals surface area contributed by atoms with E-state index in [1.165, 1.54) is 12.1 Å². The van der Waals surface area contributed by atoms with Crippen molar-refractivity contribution in [2.45, 2.75) is 29.9 Å². The molecule has 0 fully saturated rings. The molecule has 18 heavy (non-hydrogen) atoms. The van der Waals surface area contributed by atoms with E-state index in [0.717, 1.165) is 30.3 Å². The lowest BCUT2D eigenvalue weighted by Crippen LogP contribution is -2.09. The predicted molar refractivity (Wildman–Crippen MR) is 67.2 cm³/mol. The topological polar surface area (TPSA) is 58.6 Å². The molecule has 0 spiro atoms. The van der Waals surface area contributed by atoms with E-state index in [9.17, 15) is 9.18 Å². The summed E-state index contributed by atoms with van der Waals surface area (Å²) in [6.45, 7) is 2.02. The van der Waals surface area contributed by atoms with E-state index in [2.05, 4.69) is 15.0 Å². The minimum absolute atomic E-state index is 0.202. The molecule has 0 unspecified atom stereocenters. The SMILES string of the molecule is CCCc1cc(=O)[nH]c(Sc2cccc(F)n2)n1. The van der Waals surface area contributed by atoms with Crippen LogP contribution < -0.4 is 5.56 Å². The van der Waals surface area contributed by atoms with Gasteiger partial charge in [-0.25, -0.2) is 9.97 Å². The smallest absolute Gasteiger partial charge is 0.251 e. The number of aromatic nitrogens is 3. The third kappa shape index (κ3) is 3.40. The zero-order valence-corrected chi connectivity index (χ0v) is 10.6. The fourth-order valence-corrected chi connectivity index (χ4v) is 2.25. The first kappa shape index (κ1) is 12.8. The monoisotopic (exact) mass is 265 g/mol. The molecular weight excluding hydrogens is 253 g/mol. The van der Waals surface area contributed by atoms with E-state index in [1.54, 1.807) is 12.1 Å². The summed E-state index contributed by atoms with van der Waals surface area (Å²) in [6.07, 6.45) is 1.66. The van der Waals surface area contributed by atoms with Gasteiger partial charge in [0.1, 0.15) is 5.03 Å². The zero-order valence-electron chi connectivity index (χ0n) is 9.81. The van der Waals surface area contributed by atoms with E-state index in [1.807, 2.05) is 6.92 Å². The molecule has 1 N–H and O–H groups in total. The van der Waals surface area contributed by atoms with Crippen LogP contribution in [0.25, 0.3) is 0 Å². The van der Waals surface area contributed by atoms with Gasteiger partial charge in [0.2, 0.25) is 5.95 Å². The Morgan fingerprint density at radius 3 is 2.94 bits per heavy atom. The molecule has 0 aliphatic heterocycles. The highest BCUT2D eigenvalue weighted by Crippen LogP contribution is 2.21. The van der Waals surface area contributed by atoms with Crippen LogP contribution in [0.3, 0.4) is 0 Å². The molecular formula is C12H12FN3OS. The van der Waals surface area contributed by atoms with Crippen LogP contribution in [0.1, 0.15) is 19.0 Å². The summed E-state index contributed by atoms with van der Waals surface area (Å²) in [5.41, 5.74) is 0.535. The summed E-state index contributed by atoms with van der Waals surface area (Å²) in [4.78, 5) is 22.0. The third-order valence-electron chi connectivity index (χ3n) is 2.17. The molecule has 2 aromatic heterocycles. The second-order valence-corrected chi connectivity index (χ2v) is 4.70. The van der Waals surface area contributed by atoms with Gasteiger partial charge >= 0.3 is 0 Å². The maximum absolute atomic E-state index is 12.9. The maximum Gasteiger partial charge on any atom is 0.251 e. The number of nitrogens with one attached hydrogen (secondary N) is 1. The first-order valence-corrected chi connectivity index (χ1v) is 6.39. The maximum atomic E-state index is 12.9. The predicted octanol–water partition coefficient (Wildman–Crippen LogP) is 2.41. The summed E-state index contributed by atoms with van der Waals surface area (Å²) in [7, 11) is 0. The van der Waals surface area contributed by atoms with E-state index in [-0.39, 0.29) is 5.56 Å². The van der Waals surface area contributed by atoms with Crippen molar-refractivity contribution in [2.24, 2.45) is 0 Å². The van der Waals surface area contributed by atoms with Crippen LogP contribution in [-0.4, -0.2) is 15.0 Å². The number of halogens is 1. The van der Waals surface area contributed by atoms with Gasteiger partial charge in [0.05, 0.1) is 0 Å². The molecule has 0 saturated carbocycles. The Hall–Kier alpha value is -1.69. The van der Waals surface area contributed by atoms with Crippen molar-refractivity contribution in [3.63, 3.8) is 0 Å². The van der Waals surface area contributed by atoms with Crippen LogP contribution >= 0.6 is 11.8 Å². The number of pyridine rings is 1. The Balaban J connectivity index is 2.26. The standard InChI is InChI=1S/C12H12FN3OS/c1-2-4-8-7-10(17)16-12(14-8)18-11-6-3-5-9(13)15-11/h3,5-7H,2,4H2,1H3,(H,14,16,17). The Morgan fingerprint density at radius 2 is 2.22 bits per heavy atom. The van der Waals surface area contributed by atoms with E-state index < -0.39 is 5.95 Å². The van der Waals surface area contributed by atoms with Crippen molar-refractivity contribution in [3.05, 3.63) is 46.3 Å². The summed E-state index contributed by atoms with van der Waals surface area (Å²) < 4.78 is 12.9. The molecule has 4 nitrogen and oxygen atoms in total. The second kappa shape index (κ2) is 5.77. The Labute approximate surface area is 108 Å². The zero-order chi connectivity index (χ0) is 13.0. The van der Waals surface area contributed by atoms with Crippen molar-refractivity contribution < 1.29 is 4.39 Å². The molecule has 0 aliphatic rings. The fraction of sp³-hybridized carbons (Fsp3) is 0.250. The van der Waals surface area contributed by atoms with Crippen molar-refractivity contribution in [1.29, 1.82) is 0 Å². The fourth-order valence-electron chi connectivity index (χ4n) is 1.46. The van der Waals surface area contributed by atoms with Gasteiger partial charge in [-0.15, -0.1) is 0 Å². The van der Waals surface area contributed by atoms with Gasteiger partial charge in [-0.05, 0) is 30.3 Å². The van der Waals surface area contributed by atoms with Crippen molar-refractivity contribution >= 4 is 11.8 Å². The number of hydrogen-bond acceptors (Lipinski definition) is 4. The second-order valence-electron chi connectivity index (χ2n) is 3.69. The molecule has 0 atom stereocenters. The van der Waals surface area contributed by atoms with Crippen LogP contribution in [0.15, 0.2) is 39.2 Å². The van der Waals surface area contributed by atoms with Gasteiger partial charge in [-0.2, -0.15) is 4.39 Å².